The predicted octanol–water partition coefficient (Wildman–Crippen LogP) is 8.25. The Morgan fingerprint density at radius 3 is 2.55 bits per heavy atom. The number of Topliss-reactive ketones (excluding diaryl/α,β-unsaturated/α-hetero) is 1. The molecule has 38 heavy (non-hydrogen) atoms. The number of allylic oxidation sites excluding steroid dienone is 2. The summed E-state index contributed by atoms with van der Waals surface area (Å²) < 4.78 is 5.49. The van der Waals surface area contributed by atoms with Crippen molar-refractivity contribution in [3.05, 3.63) is 70.7 Å². The van der Waals surface area contributed by atoms with E-state index in [4.69, 9.17) is 21.0 Å². The summed E-state index contributed by atoms with van der Waals surface area (Å²) in [7, 11) is 0. The number of furan rings is 1. The summed E-state index contributed by atoms with van der Waals surface area (Å²) in [5, 5.41) is 0.723. The van der Waals surface area contributed by atoms with Crippen molar-refractivity contribution in [1.29, 1.82) is 0 Å². The summed E-state index contributed by atoms with van der Waals surface area (Å²) in [5.41, 5.74) is 2.28. The molecular formula is C33H40ClNO3. The quantitative estimate of drug-likeness (QED) is 0.213. The van der Waals surface area contributed by atoms with Crippen molar-refractivity contribution in [2.75, 3.05) is 0 Å². The van der Waals surface area contributed by atoms with Crippen molar-refractivity contribution < 1.29 is 14.0 Å². The fourth-order valence-corrected chi connectivity index (χ4v) is 8.87. The zero-order valence-electron chi connectivity index (χ0n) is 23.3. The van der Waals surface area contributed by atoms with E-state index in [0.717, 1.165) is 42.6 Å². The molecule has 1 aromatic carbocycles. The maximum atomic E-state index is 13.0. The zero-order valence-corrected chi connectivity index (χ0v) is 24.1. The number of benzene rings is 1. The van der Waals surface area contributed by atoms with Crippen LogP contribution in [0.1, 0.15) is 83.8 Å². The highest BCUT2D eigenvalue weighted by atomic mass is 35.5. The van der Waals surface area contributed by atoms with Crippen LogP contribution in [0.15, 0.2) is 63.9 Å². The lowest BCUT2D eigenvalue weighted by Gasteiger charge is -2.60. The van der Waals surface area contributed by atoms with E-state index in [-0.39, 0.29) is 33.9 Å². The van der Waals surface area contributed by atoms with Gasteiger partial charge in [0.15, 0.2) is 0 Å². The van der Waals surface area contributed by atoms with Crippen LogP contribution < -0.4 is 0 Å². The number of aliphatic imine (C=N–C) groups is 1. The number of nitrogens with zero attached hydrogens (tertiary/aromatic N) is 1. The van der Waals surface area contributed by atoms with E-state index in [1.54, 1.807) is 6.26 Å². The van der Waals surface area contributed by atoms with E-state index in [2.05, 4.69) is 39.1 Å². The molecule has 2 fully saturated rings. The second-order valence-electron chi connectivity index (χ2n) is 13.1. The molecule has 0 spiro atoms. The molecule has 0 bridgehead atoms. The zero-order chi connectivity index (χ0) is 27.3. The summed E-state index contributed by atoms with van der Waals surface area (Å²) in [4.78, 5) is 30.7. The normalized spacial score (nSPS) is 36.7. The molecule has 1 heterocycles. The maximum absolute atomic E-state index is 13.0. The SMILES string of the molecule is CC1(C)C(=O)CC[C@](C)([C@H]2CC[C@]3(C)C(=CC[C@@H]3c3ccoc3)[C@]2(C)C=NCc2ccccc2Cl)[C@@H]1C=O. The van der Waals surface area contributed by atoms with Crippen molar-refractivity contribution in [3.63, 3.8) is 0 Å². The molecule has 0 amide bonds. The summed E-state index contributed by atoms with van der Waals surface area (Å²) in [6.07, 6.45) is 13.5. The largest absolute Gasteiger partial charge is 0.472 e. The highest BCUT2D eigenvalue weighted by Crippen LogP contribution is 2.68. The van der Waals surface area contributed by atoms with Crippen LogP contribution in [0.3, 0.4) is 0 Å². The minimum atomic E-state index is -0.672. The van der Waals surface area contributed by atoms with Gasteiger partial charge in [0.2, 0.25) is 0 Å². The molecular weight excluding hydrogens is 494 g/mol. The average molecular weight is 534 g/mol. The number of halogens is 1. The first kappa shape index (κ1) is 27.1. The summed E-state index contributed by atoms with van der Waals surface area (Å²) >= 11 is 6.46. The Bertz CT molecular complexity index is 1280. The molecule has 0 N–H and O–H groups in total. The Balaban J connectivity index is 1.58. The van der Waals surface area contributed by atoms with Gasteiger partial charge in [0.25, 0.3) is 0 Å². The number of hydrogen-bond acceptors (Lipinski definition) is 4. The highest BCUT2D eigenvalue weighted by Gasteiger charge is 2.63. The fourth-order valence-electron chi connectivity index (χ4n) is 8.68. The van der Waals surface area contributed by atoms with Crippen LogP contribution in [0.5, 0.6) is 0 Å². The molecule has 2 aromatic rings. The number of carbonyl (C=O) groups is 2. The number of rotatable bonds is 6. The lowest BCUT2D eigenvalue weighted by atomic mass is 9.43. The van der Waals surface area contributed by atoms with Gasteiger partial charge in [0.05, 0.1) is 19.1 Å². The van der Waals surface area contributed by atoms with E-state index in [9.17, 15) is 9.59 Å². The molecule has 0 saturated heterocycles. The average Bonchev–Trinajstić information content (AvgIpc) is 3.51. The Morgan fingerprint density at radius 1 is 1.11 bits per heavy atom. The number of ketones is 1. The Kier molecular flexibility index (Phi) is 6.87. The molecule has 202 valence electrons. The standard InChI is InChI=1S/C33H40ClNO3/c1-30(2)28(19-36)32(4,16-13-29(30)37)27-12-15-31(3)24(23-14-17-38-20-23)10-11-26(31)33(27,5)21-35-18-22-8-6-7-9-25(22)34/h6-9,11,14,17,19-21,24,27-28H,10,12-13,15-16,18H2,1-5H3/t24-,27-,28-,31+,32-,33+/m1/s1. The van der Waals surface area contributed by atoms with E-state index in [1.807, 2.05) is 44.4 Å². The smallest absolute Gasteiger partial charge is 0.139 e. The lowest BCUT2D eigenvalue weighted by molar-refractivity contribution is -0.152. The van der Waals surface area contributed by atoms with Gasteiger partial charge in [-0.2, -0.15) is 0 Å². The molecule has 3 aliphatic rings. The summed E-state index contributed by atoms with van der Waals surface area (Å²) in [6.45, 7) is 11.4. The fraction of sp³-hybridized carbons (Fsp3) is 0.545. The number of carbonyl (C=O) groups excluding carboxylic acids is 2. The van der Waals surface area contributed by atoms with Gasteiger partial charge in [-0.25, -0.2) is 0 Å². The minimum absolute atomic E-state index is 0.0292. The van der Waals surface area contributed by atoms with Crippen molar-refractivity contribution in [3.8, 4) is 0 Å². The topological polar surface area (TPSA) is 59.6 Å². The lowest BCUT2D eigenvalue weighted by Crippen LogP contribution is -2.57. The summed E-state index contributed by atoms with van der Waals surface area (Å²) in [5.74, 6) is 0.387. The van der Waals surface area contributed by atoms with Gasteiger partial charge in [0, 0.05) is 34.4 Å². The van der Waals surface area contributed by atoms with Gasteiger partial charge in [-0.15, -0.1) is 0 Å². The Labute approximate surface area is 231 Å². The number of fused-ring (bicyclic) bond motifs is 1. The van der Waals surface area contributed by atoms with E-state index < -0.39 is 5.41 Å². The van der Waals surface area contributed by atoms with Crippen LogP contribution in [0.4, 0.5) is 0 Å². The van der Waals surface area contributed by atoms with Crippen LogP contribution in [0, 0.1) is 33.5 Å². The first-order chi connectivity index (χ1) is 18.0. The van der Waals surface area contributed by atoms with Crippen molar-refractivity contribution in [2.24, 2.45) is 38.5 Å². The molecule has 2 saturated carbocycles. The van der Waals surface area contributed by atoms with Gasteiger partial charge >= 0.3 is 0 Å². The van der Waals surface area contributed by atoms with Gasteiger partial charge in [-0.05, 0) is 71.6 Å². The van der Waals surface area contributed by atoms with E-state index >= 15 is 0 Å². The van der Waals surface area contributed by atoms with E-state index in [1.165, 1.54) is 11.1 Å². The second kappa shape index (κ2) is 9.62. The third kappa shape index (κ3) is 4.06. The molecule has 0 radical (unpaired) electrons. The first-order valence-electron chi connectivity index (χ1n) is 13.9. The Morgan fingerprint density at radius 2 is 1.87 bits per heavy atom. The van der Waals surface area contributed by atoms with Crippen LogP contribution in [0.25, 0.3) is 0 Å². The molecule has 0 unspecified atom stereocenters. The van der Waals surface area contributed by atoms with Crippen molar-refractivity contribution in [2.45, 2.75) is 79.2 Å². The molecule has 6 atom stereocenters. The molecule has 5 rings (SSSR count). The molecule has 3 aliphatic carbocycles. The molecule has 5 heteroatoms. The molecule has 4 nitrogen and oxygen atoms in total. The van der Waals surface area contributed by atoms with Crippen LogP contribution >= 0.6 is 11.6 Å². The van der Waals surface area contributed by atoms with E-state index in [0.29, 0.717) is 18.9 Å². The Hall–Kier alpha value is -2.46. The number of hydrogen-bond donors (Lipinski definition) is 0. The molecule has 1 aromatic heterocycles. The van der Waals surface area contributed by atoms with Crippen molar-refractivity contribution >= 4 is 29.9 Å². The van der Waals surface area contributed by atoms with Gasteiger partial charge in [-0.3, -0.25) is 9.79 Å². The number of aldehydes is 1. The summed E-state index contributed by atoms with van der Waals surface area (Å²) in [6, 6.07) is 9.95. The van der Waals surface area contributed by atoms with Gasteiger partial charge in [0.1, 0.15) is 12.1 Å². The van der Waals surface area contributed by atoms with Gasteiger partial charge in [-0.1, -0.05) is 76.1 Å². The maximum Gasteiger partial charge on any atom is 0.139 e. The minimum Gasteiger partial charge on any atom is -0.472 e. The predicted molar refractivity (Wildman–Crippen MR) is 152 cm³/mol. The monoisotopic (exact) mass is 533 g/mol. The highest BCUT2D eigenvalue weighted by molar-refractivity contribution is 6.31. The third-order valence-corrected chi connectivity index (χ3v) is 11.1. The molecule has 0 aliphatic heterocycles. The van der Waals surface area contributed by atoms with Crippen LogP contribution in [-0.2, 0) is 16.1 Å². The van der Waals surface area contributed by atoms with Crippen LogP contribution in [-0.4, -0.2) is 18.3 Å². The second-order valence-corrected chi connectivity index (χ2v) is 13.5. The van der Waals surface area contributed by atoms with Crippen molar-refractivity contribution in [1.82, 2.24) is 0 Å². The third-order valence-electron chi connectivity index (χ3n) is 10.8. The van der Waals surface area contributed by atoms with Crippen LogP contribution in [0.2, 0.25) is 5.02 Å². The van der Waals surface area contributed by atoms with Gasteiger partial charge < -0.3 is 9.21 Å². The first-order valence-corrected chi connectivity index (χ1v) is 14.3.